The van der Waals surface area contributed by atoms with E-state index in [0.717, 1.165) is 11.3 Å². The Bertz CT molecular complexity index is 2180. The van der Waals surface area contributed by atoms with Crippen LogP contribution in [-0.4, -0.2) is 35.8 Å². The Kier molecular flexibility index (Phi) is 8.85. The maximum Gasteiger partial charge on any atom is 0.338 e. The maximum absolute atomic E-state index is 14.2. The lowest BCUT2D eigenvalue weighted by Gasteiger charge is -2.26. The standard InChI is InChI=1S/C35H29N3O8S/c1-4-44-23-13-11-22(12-14-23)32-30(34(40)45-5-2)31(21-9-7-6-8-10-21)36-35-37(32)33(39)29(47-35)20-25-16-18-28(46-25)26-17-15-24(43-3)19-27(26)38(41)42/h6-20,32H,4-5H2,1-3H3/b29-20-/t32-/m0/s1. The molecule has 0 bridgehead atoms. The minimum absolute atomic E-state index is 0.137. The number of carbonyl (C=O) groups excluding carboxylic acids is 1. The highest BCUT2D eigenvalue weighted by atomic mass is 32.1. The van der Waals surface area contributed by atoms with Gasteiger partial charge >= 0.3 is 5.97 Å². The lowest BCUT2D eigenvalue weighted by atomic mass is 9.93. The van der Waals surface area contributed by atoms with Gasteiger partial charge in [0.1, 0.15) is 23.0 Å². The Balaban J connectivity index is 1.53. The average Bonchev–Trinajstić information content (AvgIpc) is 3.68. The first-order valence-corrected chi connectivity index (χ1v) is 15.6. The van der Waals surface area contributed by atoms with Crippen molar-refractivity contribution < 1.29 is 28.3 Å². The van der Waals surface area contributed by atoms with Gasteiger partial charge in [0.05, 0.1) is 58.7 Å². The molecule has 0 saturated heterocycles. The van der Waals surface area contributed by atoms with Crippen LogP contribution in [0.4, 0.5) is 5.69 Å². The van der Waals surface area contributed by atoms with Crippen LogP contribution in [0.25, 0.3) is 23.1 Å². The Hall–Kier alpha value is -5.75. The highest BCUT2D eigenvalue weighted by Gasteiger charge is 2.35. The van der Waals surface area contributed by atoms with Crippen molar-refractivity contribution in [3.8, 4) is 22.8 Å². The van der Waals surface area contributed by atoms with Crippen molar-refractivity contribution in [2.24, 2.45) is 4.99 Å². The first-order valence-electron chi connectivity index (χ1n) is 14.8. The molecule has 47 heavy (non-hydrogen) atoms. The molecule has 1 aliphatic heterocycles. The highest BCUT2D eigenvalue weighted by Crippen LogP contribution is 2.36. The van der Waals surface area contributed by atoms with Gasteiger partial charge in [-0.15, -0.1) is 0 Å². The molecule has 3 heterocycles. The summed E-state index contributed by atoms with van der Waals surface area (Å²) in [7, 11) is 1.43. The van der Waals surface area contributed by atoms with Crippen LogP contribution < -0.4 is 24.4 Å². The van der Waals surface area contributed by atoms with Gasteiger partial charge in [-0.3, -0.25) is 19.5 Å². The number of benzene rings is 3. The average molecular weight is 652 g/mol. The second kappa shape index (κ2) is 13.3. The lowest BCUT2D eigenvalue weighted by Crippen LogP contribution is -2.40. The Morgan fingerprint density at radius 2 is 1.77 bits per heavy atom. The van der Waals surface area contributed by atoms with E-state index in [2.05, 4.69) is 0 Å². The summed E-state index contributed by atoms with van der Waals surface area (Å²) in [6, 6.07) is 23.4. The van der Waals surface area contributed by atoms with E-state index >= 15 is 0 Å². The topological polar surface area (TPSA) is 135 Å². The first-order chi connectivity index (χ1) is 22.8. The van der Waals surface area contributed by atoms with Crippen LogP contribution in [0.1, 0.15) is 36.8 Å². The van der Waals surface area contributed by atoms with Crippen LogP contribution in [0.15, 0.2) is 105 Å². The molecule has 0 saturated carbocycles. The summed E-state index contributed by atoms with van der Waals surface area (Å²) in [6.45, 7) is 4.24. The van der Waals surface area contributed by atoms with Crippen LogP contribution in [0, 0.1) is 10.1 Å². The maximum atomic E-state index is 14.2. The summed E-state index contributed by atoms with van der Waals surface area (Å²) in [5.41, 5.74) is 1.69. The Morgan fingerprint density at radius 1 is 1.02 bits per heavy atom. The van der Waals surface area contributed by atoms with E-state index < -0.39 is 22.5 Å². The molecule has 238 valence electrons. The SMILES string of the molecule is CCOC(=O)C1=C(c2ccccc2)N=c2s/c(=C\c3ccc(-c4ccc(OC)cc4[N+](=O)[O-])o3)c(=O)n2[C@H]1c1ccc(OCC)cc1. The van der Waals surface area contributed by atoms with Gasteiger partial charge < -0.3 is 18.6 Å². The van der Waals surface area contributed by atoms with E-state index in [0.29, 0.717) is 50.0 Å². The zero-order valence-electron chi connectivity index (χ0n) is 25.7. The summed E-state index contributed by atoms with van der Waals surface area (Å²) >= 11 is 1.14. The number of ether oxygens (including phenoxy) is 3. The molecule has 0 fully saturated rings. The third-order valence-corrected chi connectivity index (χ3v) is 8.43. The molecule has 1 aliphatic rings. The van der Waals surface area contributed by atoms with Gasteiger partial charge in [0, 0.05) is 11.6 Å². The van der Waals surface area contributed by atoms with Crippen molar-refractivity contribution in [3.63, 3.8) is 0 Å². The van der Waals surface area contributed by atoms with Crippen LogP contribution >= 0.6 is 11.3 Å². The van der Waals surface area contributed by atoms with Crippen molar-refractivity contribution >= 4 is 34.8 Å². The number of methoxy groups -OCH3 is 1. The number of nitrogens with zero attached hydrogens (tertiary/aromatic N) is 3. The van der Waals surface area contributed by atoms with Crippen molar-refractivity contribution in [3.05, 3.63) is 137 Å². The van der Waals surface area contributed by atoms with Gasteiger partial charge in [0.25, 0.3) is 11.2 Å². The molecule has 3 aromatic carbocycles. The minimum Gasteiger partial charge on any atom is -0.497 e. The molecule has 11 nitrogen and oxygen atoms in total. The molecule has 1 atom stereocenters. The van der Waals surface area contributed by atoms with E-state index in [1.54, 1.807) is 49.4 Å². The molecule has 0 amide bonds. The molecule has 0 aliphatic carbocycles. The van der Waals surface area contributed by atoms with Crippen LogP contribution in [-0.2, 0) is 9.53 Å². The van der Waals surface area contributed by atoms with Crippen LogP contribution in [0.2, 0.25) is 0 Å². The first kappa shape index (κ1) is 31.2. The summed E-state index contributed by atoms with van der Waals surface area (Å²) in [5, 5.41) is 11.8. The number of hydrogen-bond acceptors (Lipinski definition) is 10. The van der Waals surface area contributed by atoms with Crippen molar-refractivity contribution in [1.82, 2.24) is 4.57 Å². The van der Waals surface area contributed by atoms with Gasteiger partial charge in [-0.2, -0.15) is 0 Å². The fourth-order valence-corrected chi connectivity index (χ4v) is 6.35. The number of rotatable bonds is 10. The normalized spacial score (nSPS) is 14.4. The smallest absolute Gasteiger partial charge is 0.338 e. The van der Waals surface area contributed by atoms with Gasteiger partial charge in [-0.25, -0.2) is 9.79 Å². The summed E-state index contributed by atoms with van der Waals surface area (Å²) in [6.07, 6.45) is 1.56. The molecule has 0 radical (unpaired) electrons. The number of carbonyl (C=O) groups is 1. The molecular formula is C35H29N3O8S. The third-order valence-electron chi connectivity index (χ3n) is 7.45. The van der Waals surface area contributed by atoms with E-state index in [-0.39, 0.29) is 29.2 Å². The van der Waals surface area contributed by atoms with Crippen molar-refractivity contribution in [2.75, 3.05) is 20.3 Å². The molecule has 6 rings (SSSR count). The number of esters is 1. The fourth-order valence-electron chi connectivity index (χ4n) is 5.37. The number of hydrogen-bond donors (Lipinski definition) is 0. The van der Waals surface area contributed by atoms with E-state index in [1.165, 1.54) is 17.7 Å². The number of nitro groups is 1. The van der Waals surface area contributed by atoms with Gasteiger partial charge in [-0.05, 0) is 55.8 Å². The Morgan fingerprint density at radius 3 is 2.45 bits per heavy atom. The van der Waals surface area contributed by atoms with E-state index in [4.69, 9.17) is 23.6 Å². The molecule has 5 aromatic rings. The number of furan rings is 1. The van der Waals surface area contributed by atoms with Gasteiger partial charge in [0.2, 0.25) is 0 Å². The third kappa shape index (κ3) is 6.10. The largest absolute Gasteiger partial charge is 0.497 e. The van der Waals surface area contributed by atoms with Gasteiger partial charge in [-0.1, -0.05) is 53.8 Å². The zero-order valence-corrected chi connectivity index (χ0v) is 26.5. The summed E-state index contributed by atoms with van der Waals surface area (Å²) in [4.78, 5) is 44.3. The molecular weight excluding hydrogens is 622 g/mol. The molecule has 0 spiro atoms. The highest BCUT2D eigenvalue weighted by molar-refractivity contribution is 7.07. The summed E-state index contributed by atoms with van der Waals surface area (Å²) < 4.78 is 24.1. The molecule has 12 heteroatoms. The van der Waals surface area contributed by atoms with Crippen molar-refractivity contribution in [1.29, 1.82) is 0 Å². The van der Waals surface area contributed by atoms with E-state index in [9.17, 15) is 19.7 Å². The second-order valence-corrected chi connectivity index (χ2v) is 11.3. The molecule has 2 aromatic heterocycles. The minimum atomic E-state index is -0.854. The Labute approximate surface area is 272 Å². The monoisotopic (exact) mass is 651 g/mol. The van der Waals surface area contributed by atoms with E-state index in [1.807, 2.05) is 49.4 Å². The predicted molar refractivity (Wildman–Crippen MR) is 176 cm³/mol. The van der Waals surface area contributed by atoms with Crippen LogP contribution in [0.5, 0.6) is 11.5 Å². The molecule has 0 unspecified atom stereocenters. The number of nitro benzene ring substituents is 1. The lowest BCUT2D eigenvalue weighted by molar-refractivity contribution is -0.384. The summed E-state index contributed by atoms with van der Waals surface area (Å²) in [5.74, 6) is 0.967. The molecule has 0 N–H and O–H groups in total. The zero-order chi connectivity index (χ0) is 33.1. The van der Waals surface area contributed by atoms with Crippen LogP contribution in [0.3, 0.4) is 0 Å². The number of aromatic nitrogens is 1. The second-order valence-electron chi connectivity index (χ2n) is 10.3. The number of thiazole rings is 1. The number of fused-ring (bicyclic) bond motifs is 1. The van der Waals surface area contributed by atoms with Crippen molar-refractivity contribution in [2.45, 2.75) is 19.9 Å². The predicted octanol–water partition coefficient (Wildman–Crippen LogP) is 5.51. The van der Waals surface area contributed by atoms with Gasteiger partial charge in [0.15, 0.2) is 4.80 Å². The fraction of sp³-hybridized carbons (Fsp3) is 0.171. The quantitative estimate of drug-likeness (QED) is 0.110.